The zero-order valence-corrected chi connectivity index (χ0v) is 7.75. The fourth-order valence-electron chi connectivity index (χ4n) is 1.25. The molecule has 1 saturated heterocycles. The van der Waals surface area contributed by atoms with E-state index in [0.29, 0.717) is 5.15 Å². The molecule has 0 N–H and O–H groups in total. The van der Waals surface area contributed by atoms with Gasteiger partial charge in [-0.2, -0.15) is 0 Å². The molecule has 2 rings (SSSR count). The molecule has 3 heteroatoms. The lowest BCUT2D eigenvalue weighted by Crippen LogP contribution is -1.99. The largest absolute Gasteiger partial charge is 0.294 e. The van der Waals surface area contributed by atoms with Crippen molar-refractivity contribution in [2.45, 2.75) is 19.5 Å². The maximum atomic E-state index is 5.67. The van der Waals surface area contributed by atoms with E-state index in [2.05, 4.69) is 16.8 Å². The van der Waals surface area contributed by atoms with Gasteiger partial charge in [0.05, 0.1) is 0 Å². The molecular weight excluding hydrogens is 172 g/mol. The Morgan fingerprint density at radius 2 is 2.42 bits per heavy atom. The van der Waals surface area contributed by atoms with Gasteiger partial charge in [0, 0.05) is 25.3 Å². The van der Waals surface area contributed by atoms with Crippen LogP contribution in [0.1, 0.15) is 12.5 Å². The fraction of sp³-hybridized carbons (Fsp3) is 0.444. The van der Waals surface area contributed by atoms with Gasteiger partial charge in [0.15, 0.2) is 0 Å². The number of pyridine rings is 1. The number of nitrogens with zero attached hydrogens (tertiary/aromatic N) is 2. The molecule has 12 heavy (non-hydrogen) atoms. The predicted molar refractivity (Wildman–Crippen MR) is 49.1 cm³/mol. The van der Waals surface area contributed by atoms with E-state index in [-0.39, 0.29) is 0 Å². The minimum absolute atomic E-state index is 0.567. The third kappa shape index (κ3) is 1.76. The topological polar surface area (TPSA) is 15.9 Å². The summed E-state index contributed by atoms with van der Waals surface area (Å²) in [6.07, 6.45) is 1.84. The molecule has 1 aromatic rings. The molecule has 0 amide bonds. The minimum atomic E-state index is 0.567. The van der Waals surface area contributed by atoms with Crippen molar-refractivity contribution in [1.82, 2.24) is 9.88 Å². The van der Waals surface area contributed by atoms with Crippen molar-refractivity contribution in [3.8, 4) is 0 Å². The Morgan fingerprint density at radius 3 is 2.92 bits per heavy atom. The third-order valence-corrected chi connectivity index (χ3v) is 2.39. The molecule has 0 spiro atoms. The zero-order chi connectivity index (χ0) is 8.55. The van der Waals surface area contributed by atoms with Gasteiger partial charge in [0.2, 0.25) is 0 Å². The van der Waals surface area contributed by atoms with Gasteiger partial charge in [-0.25, -0.2) is 4.98 Å². The lowest BCUT2D eigenvalue weighted by atomic mass is 10.3. The molecule has 2 heterocycles. The third-order valence-electron chi connectivity index (χ3n) is 2.16. The molecule has 0 aliphatic carbocycles. The molecule has 0 aromatic carbocycles. The molecule has 1 aliphatic rings. The van der Waals surface area contributed by atoms with Crippen molar-refractivity contribution in [2.24, 2.45) is 0 Å². The maximum Gasteiger partial charge on any atom is 0.129 e. The molecule has 2 nitrogen and oxygen atoms in total. The Morgan fingerprint density at radius 1 is 1.67 bits per heavy atom. The van der Waals surface area contributed by atoms with E-state index in [4.69, 9.17) is 11.6 Å². The first-order valence-corrected chi connectivity index (χ1v) is 4.48. The SMILES string of the molecule is CC1CN1Cc1ccc(Cl)nc1. The number of halogens is 1. The van der Waals surface area contributed by atoms with E-state index in [1.54, 1.807) is 0 Å². The highest BCUT2D eigenvalue weighted by atomic mass is 35.5. The van der Waals surface area contributed by atoms with Crippen LogP contribution in [0.5, 0.6) is 0 Å². The van der Waals surface area contributed by atoms with Crippen LogP contribution < -0.4 is 0 Å². The molecular formula is C9H11ClN2. The monoisotopic (exact) mass is 182 g/mol. The summed E-state index contributed by atoms with van der Waals surface area (Å²) in [5, 5.41) is 0.567. The molecule has 0 radical (unpaired) electrons. The van der Waals surface area contributed by atoms with E-state index in [1.165, 1.54) is 12.1 Å². The number of rotatable bonds is 2. The second-order valence-corrected chi connectivity index (χ2v) is 3.65. The van der Waals surface area contributed by atoms with Gasteiger partial charge in [-0.3, -0.25) is 4.90 Å². The van der Waals surface area contributed by atoms with Crippen LogP contribution in [-0.2, 0) is 6.54 Å². The standard InChI is InChI=1S/C9H11ClN2/c1-7-5-12(7)6-8-2-3-9(10)11-4-8/h2-4,7H,5-6H2,1H3. The Labute approximate surface area is 77.2 Å². The summed E-state index contributed by atoms with van der Waals surface area (Å²) in [6.45, 7) is 4.44. The zero-order valence-electron chi connectivity index (χ0n) is 7.00. The quantitative estimate of drug-likeness (QED) is 0.513. The average Bonchev–Trinajstić information content (AvgIpc) is 2.72. The van der Waals surface area contributed by atoms with E-state index in [1.807, 2.05) is 18.3 Å². The highest BCUT2D eigenvalue weighted by Gasteiger charge is 2.28. The first-order valence-electron chi connectivity index (χ1n) is 4.10. The molecule has 2 atom stereocenters. The molecule has 0 saturated carbocycles. The van der Waals surface area contributed by atoms with Crippen molar-refractivity contribution in [1.29, 1.82) is 0 Å². The maximum absolute atomic E-state index is 5.67. The first kappa shape index (κ1) is 8.02. The van der Waals surface area contributed by atoms with E-state index < -0.39 is 0 Å². The van der Waals surface area contributed by atoms with Gasteiger partial charge in [-0.05, 0) is 18.6 Å². The average molecular weight is 183 g/mol. The second kappa shape index (κ2) is 3.04. The van der Waals surface area contributed by atoms with Crippen LogP contribution in [0.3, 0.4) is 0 Å². The van der Waals surface area contributed by atoms with Crippen molar-refractivity contribution in [3.63, 3.8) is 0 Å². The Hall–Kier alpha value is -0.600. The van der Waals surface area contributed by atoms with Crippen LogP contribution in [0, 0.1) is 0 Å². The number of hydrogen-bond acceptors (Lipinski definition) is 2. The summed E-state index contributed by atoms with van der Waals surface area (Å²) in [5.74, 6) is 0. The summed E-state index contributed by atoms with van der Waals surface area (Å²) >= 11 is 5.67. The lowest BCUT2D eigenvalue weighted by molar-refractivity contribution is 0.514. The van der Waals surface area contributed by atoms with E-state index in [0.717, 1.165) is 12.6 Å². The van der Waals surface area contributed by atoms with Crippen molar-refractivity contribution >= 4 is 11.6 Å². The Kier molecular flexibility index (Phi) is 2.03. The van der Waals surface area contributed by atoms with Gasteiger partial charge in [0.1, 0.15) is 5.15 Å². The van der Waals surface area contributed by atoms with Crippen LogP contribution in [0.4, 0.5) is 0 Å². The normalized spacial score (nSPS) is 27.2. The first-order chi connectivity index (χ1) is 5.75. The Bertz CT molecular complexity index is 270. The van der Waals surface area contributed by atoms with Crippen molar-refractivity contribution < 1.29 is 0 Å². The molecule has 64 valence electrons. The smallest absolute Gasteiger partial charge is 0.129 e. The van der Waals surface area contributed by atoms with Crippen LogP contribution >= 0.6 is 11.6 Å². The van der Waals surface area contributed by atoms with Gasteiger partial charge in [-0.15, -0.1) is 0 Å². The minimum Gasteiger partial charge on any atom is -0.294 e. The van der Waals surface area contributed by atoms with Crippen LogP contribution in [0.2, 0.25) is 5.15 Å². The van der Waals surface area contributed by atoms with Crippen LogP contribution in [0.15, 0.2) is 18.3 Å². The van der Waals surface area contributed by atoms with E-state index >= 15 is 0 Å². The predicted octanol–water partition coefficient (Wildman–Crippen LogP) is 1.94. The molecule has 0 bridgehead atoms. The summed E-state index contributed by atoms with van der Waals surface area (Å²) in [7, 11) is 0. The molecule has 2 unspecified atom stereocenters. The second-order valence-electron chi connectivity index (χ2n) is 3.27. The van der Waals surface area contributed by atoms with E-state index in [9.17, 15) is 0 Å². The highest BCUT2D eigenvalue weighted by molar-refractivity contribution is 6.29. The van der Waals surface area contributed by atoms with Gasteiger partial charge in [0.25, 0.3) is 0 Å². The molecule has 1 fully saturated rings. The summed E-state index contributed by atoms with van der Waals surface area (Å²) in [5.41, 5.74) is 1.24. The number of aromatic nitrogens is 1. The summed E-state index contributed by atoms with van der Waals surface area (Å²) in [4.78, 5) is 6.40. The summed E-state index contributed by atoms with van der Waals surface area (Å²) < 4.78 is 0. The van der Waals surface area contributed by atoms with Crippen molar-refractivity contribution in [3.05, 3.63) is 29.0 Å². The molecule has 1 aliphatic heterocycles. The van der Waals surface area contributed by atoms with Crippen molar-refractivity contribution in [2.75, 3.05) is 6.54 Å². The highest BCUT2D eigenvalue weighted by Crippen LogP contribution is 2.19. The van der Waals surface area contributed by atoms with Crippen LogP contribution in [0.25, 0.3) is 0 Å². The van der Waals surface area contributed by atoms with Crippen LogP contribution in [-0.4, -0.2) is 22.5 Å². The fourth-order valence-corrected chi connectivity index (χ4v) is 1.36. The molecule has 1 aromatic heterocycles. The number of hydrogen-bond donors (Lipinski definition) is 0. The lowest BCUT2D eigenvalue weighted by Gasteiger charge is -2.00. The summed E-state index contributed by atoms with van der Waals surface area (Å²) in [6, 6.07) is 4.62. The van der Waals surface area contributed by atoms with Gasteiger partial charge < -0.3 is 0 Å². The van der Waals surface area contributed by atoms with Gasteiger partial charge >= 0.3 is 0 Å². The Balaban J connectivity index is 2.00. The van der Waals surface area contributed by atoms with Gasteiger partial charge in [-0.1, -0.05) is 17.7 Å².